The predicted octanol–water partition coefficient (Wildman–Crippen LogP) is 2.79. The molecule has 5 nitrogen and oxygen atoms in total. The molecular weight excluding hydrogens is 269 g/mol. The van der Waals surface area contributed by atoms with E-state index < -0.39 is 13.2 Å². The quantitative estimate of drug-likeness (QED) is 0.868. The zero-order valence-corrected chi connectivity index (χ0v) is 12.8. The van der Waals surface area contributed by atoms with Gasteiger partial charge in [0.25, 0.3) is 0 Å². The number of amides is 1. The van der Waals surface area contributed by atoms with E-state index in [9.17, 15) is 4.79 Å². The summed E-state index contributed by atoms with van der Waals surface area (Å²) < 4.78 is 16.6. The summed E-state index contributed by atoms with van der Waals surface area (Å²) in [5.74, 6) is 2.23. The smallest absolute Gasteiger partial charge is 0.410 e. The van der Waals surface area contributed by atoms with E-state index in [4.69, 9.17) is 19.8 Å². The first kappa shape index (κ1) is 15.6. The van der Waals surface area contributed by atoms with Gasteiger partial charge in [-0.2, -0.15) is 0 Å². The zero-order chi connectivity index (χ0) is 15.7. The van der Waals surface area contributed by atoms with Gasteiger partial charge < -0.3 is 19.8 Å². The Bertz CT molecular complexity index is 553. The largest absolute Gasteiger partial charge is 0.487 e. The highest BCUT2D eigenvalue weighted by Crippen LogP contribution is 2.37. The van der Waals surface area contributed by atoms with Crippen molar-refractivity contribution >= 4 is 19.3 Å². The molecule has 6 heteroatoms. The normalized spacial score (nSPS) is 19.9. The minimum absolute atomic E-state index is 0.362. The summed E-state index contributed by atoms with van der Waals surface area (Å²) in [5.41, 5.74) is 5.13. The van der Waals surface area contributed by atoms with Crippen LogP contribution in [0.3, 0.4) is 0 Å². The Balaban J connectivity index is 2.07. The van der Waals surface area contributed by atoms with E-state index >= 15 is 0 Å². The third-order valence-electron chi connectivity index (χ3n) is 3.79. The van der Waals surface area contributed by atoms with Crippen molar-refractivity contribution in [3.8, 4) is 5.75 Å². The molecule has 2 N–H and O–H groups in total. The molecule has 0 radical (unpaired) electrons. The molecular formula is C15H20BNO4. The number of rotatable bonds is 3. The molecule has 2 rings (SSSR count). The molecule has 0 unspecified atom stereocenters. The van der Waals surface area contributed by atoms with Gasteiger partial charge in [0, 0.05) is 0 Å². The van der Waals surface area contributed by atoms with Crippen LogP contribution in [0.1, 0.15) is 33.3 Å². The van der Waals surface area contributed by atoms with Crippen LogP contribution in [-0.4, -0.2) is 24.4 Å². The van der Waals surface area contributed by atoms with Crippen LogP contribution in [0, 0.1) is 0 Å². The van der Waals surface area contributed by atoms with Crippen molar-refractivity contribution < 1.29 is 18.8 Å². The molecule has 112 valence electrons. The minimum Gasteiger partial charge on any atom is -0.410 e. The Morgan fingerprint density at radius 3 is 2.43 bits per heavy atom. The lowest BCUT2D eigenvalue weighted by Crippen LogP contribution is -2.41. The lowest BCUT2D eigenvalue weighted by molar-refractivity contribution is 0.00578. The first-order chi connectivity index (χ1) is 9.69. The average molecular weight is 289 g/mol. The number of benzene rings is 1. The van der Waals surface area contributed by atoms with Gasteiger partial charge in [0.05, 0.1) is 11.2 Å². The third kappa shape index (κ3) is 3.65. The monoisotopic (exact) mass is 289 g/mol. The minimum atomic E-state index is -0.831. The maximum Gasteiger partial charge on any atom is 0.487 e. The van der Waals surface area contributed by atoms with Gasteiger partial charge in [-0.15, -0.1) is 0 Å². The van der Waals surface area contributed by atoms with Crippen LogP contribution >= 0.6 is 0 Å². The van der Waals surface area contributed by atoms with Gasteiger partial charge in [0.1, 0.15) is 5.75 Å². The highest BCUT2D eigenvalue weighted by molar-refractivity contribution is 6.52. The van der Waals surface area contributed by atoms with Crippen molar-refractivity contribution in [1.29, 1.82) is 0 Å². The first-order valence-electron chi connectivity index (χ1n) is 6.81. The molecule has 1 aliphatic rings. The Hall–Kier alpha value is -1.79. The predicted molar refractivity (Wildman–Crippen MR) is 81.8 cm³/mol. The molecule has 1 aromatic carbocycles. The second-order valence-corrected chi connectivity index (χ2v) is 5.98. The number of hydrogen-bond acceptors (Lipinski definition) is 4. The average Bonchev–Trinajstić information content (AvgIpc) is 2.55. The van der Waals surface area contributed by atoms with Crippen molar-refractivity contribution in [1.82, 2.24) is 0 Å². The molecule has 1 saturated heterocycles. The second kappa shape index (κ2) is 5.54. The van der Waals surface area contributed by atoms with Crippen LogP contribution < -0.4 is 10.5 Å². The van der Waals surface area contributed by atoms with E-state index in [1.165, 1.54) is 0 Å². The van der Waals surface area contributed by atoms with Gasteiger partial charge in [-0.1, -0.05) is 24.2 Å². The van der Waals surface area contributed by atoms with E-state index in [0.717, 1.165) is 5.56 Å². The van der Waals surface area contributed by atoms with Crippen molar-refractivity contribution in [2.75, 3.05) is 0 Å². The lowest BCUT2D eigenvalue weighted by atomic mass is 9.89. The fourth-order valence-corrected chi connectivity index (χ4v) is 1.95. The van der Waals surface area contributed by atoms with Crippen LogP contribution in [0.5, 0.6) is 5.75 Å². The fourth-order valence-electron chi connectivity index (χ4n) is 1.95. The number of hydrogen-bond donors (Lipinski definition) is 1. The highest BCUT2D eigenvalue weighted by atomic mass is 16.7. The molecule has 0 aromatic heterocycles. The molecule has 21 heavy (non-hydrogen) atoms. The number of primary amides is 1. The van der Waals surface area contributed by atoms with E-state index in [1.807, 2.05) is 45.8 Å². The van der Waals surface area contributed by atoms with Gasteiger partial charge in [-0.05, 0) is 45.4 Å². The standard InChI is InChI=1S/C15H20BNO4/c1-14(2)15(3,4)21-16(20-14)9-8-11-6-5-7-12(10-11)19-13(17)18/h5-10H,1-4H3,(H2,17,18)/b9-8+. The molecule has 0 bridgehead atoms. The molecule has 1 aliphatic heterocycles. The van der Waals surface area contributed by atoms with Gasteiger partial charge >= 0.3 is 13.2 Å². The van der Waals surface area contributed by atoms with E-state index in [0.29, 0.717) is 5.75 Å². The third-order valence-corrected chi connectivity index (χ3v) is 3.79. The molecule has 1 heterocycles. The summed E-state index contributed by atoms with van der Waals surface area (Å²) in [5, 5.41) is 0. The Kier molecular flexibility index (Phi) is 4.12. The van der Waals surface area contributed by atoms with Crippen molar-refractivity contribution in [3.63, 3.8) is 0 Å². The SMILES string of the molecule is CC1(C)OB(/C=C/c2cccc(OC(N)=O)c2)OC1(C)C. The van der Waals surface area contributed by atoms with Crippen molar-refractivity contribution in [2.24, 2.45) is 5.73 Å². The van der Waals surface area contributed by atoms with Crippen LogP contribution in [0.4, 0.5) is 4.79 Å². The Morgan fingerprint density at radius 1 is 1.24 bits per heavy atom. The summed E-state index contributed by atoms with van der Waals surface area (Å²) in [6, 6.07) is 7.04. The Labute approximate surface area is 125 Å². The Morgan fingerprint density at radius 2 is 1.86 bits per heavy atom. The summed E-state index contributed by atoms with van der Waals surface area (Å²) in [6.07, 6.45) is 1.03. The second-order valence-electron chi connectivity index (χ2n) is 5.98. The lowest BCUT2D eigenvalue weighted by Gasteiger charge is -2.32. The van der Waals surface area contributed by atoms with E-state index in [2.05, 4.69) is 0 Å². The fraction of sp³-hybridized carbons (Fsp3) is 0.400. The molecule has 0 aliphatic carbocycles. The molecule has 1 fully saturated rings. The highest BCUT2D eigenvalue weighted by Gasteiger charge is 2.49. The van der Waals surface area contributed by atoms with Crippen molar-refractivity contribution in [3.05, 3.63) is 35.8 Å². The number of carbonyl (C=O) groups excluding carboxylic acids is 1. The van der Waals surface area contributed by atoms with Crippen molar-refractivity contribution in [2.45, 2.75) is 38.9 Å². The van der Waals surface area contributed by atoms with Crippen LogP contribution in [0.2, 0.25) is 0 Å². The van der Waals surface area contributed by atoms with Gasteiger partial charge in [0.2, 0.25) is 0 Å². The maximum absolute atomic E-state index is 10.7. The topological polar surface area (TPSA) is 70.8 Å². The summed E-state index contributed by atoms with van der Waals surface area (Å²) in [7, 11) is -0.407. The summed E-state index contributed by atoms with van der Waals surface area (Å²) in [6.45, 7) is 8.01. The number of carbonyl (C=O) groups is 1. The zero-order valence-electron chi connectivity index (χ0n) is 12.8. The maximum atomic E-state index is 10.7. The molecule has 0 saturated carbocycles. The molecule has 1 amide bonds. The van der Waals surface area contributed by atoms with E-state index in [-0.39, 0.29) is 11.2 Å². The summed E-state index contributed by atoms with van der Waals surface area (Å²) >= 11 is 0. The molecule has 0 spiro atoms. The number of nitrogens with two attached hydrogens (primary N) is 1. The van der Waals surface area contributed by atoms with Gasteiger partial charge in [-0.25, -0.2) is 4.79 Å². The first-order valence-corrected chi connectivity index (χ1v) is 6.81. The molecule has 1 aromatic rings. The summed E-state index contributed by atoms with van der Waals surface area (Å²) in [4.78, 5) is 10.7. The number of ether oxygens (including phenoxy) is 1. The molecule has 0 atom stereocenters. The van der Waals surface area contributed by atoms with Gasteiger partial charge in [-0.3, -0.25) is 0 Å². The van der Waals surface area contributed by atoms with Gasteiger partial charge in [0.15, 0.2) is 0 Å². The van der Waals surface area contributed by atoms with E-state index in [1.54, 1.807) is 18.2 Å². The van der Waals surface area contributed by atoms with Crippen LogP contribution in [-0.2, 0) is 9.31 Å². The van der Waals surface area contributed by atoms with Crippen LogP contribution in [0.25, 0.3) is 6.08 Å². The van der Waals surface area contributed by atoms with Crippen LogP contribution in [0.15, 0.2) is 30.2 Å².